The number of aromatic amines is 1. The predicted octanol–water partition coefficient (Wildman–Crippen LogP) is 4.02. The van der Waals surface area contributed by atoms with Gasteiger partial charge in [0.1, 0.15) is 11.4 Å². The third-order valence-corrected chi connectivity index (χ3v) is 4.57. The van der Waals surface area contributed by atoms with E-state index in [1.807, 2.05) is 18.2 Å². The van der Waals surface area contributed by atoms with Gasteiger partial charge in [0, 0.05) is 16.5 Å². The van der Waals surface area contributed by atoms with Gasteiger partial charge in [-0.05, 0) is 36.4 Å². The summed E-state index contributed by atoms with van der Waals surface area (Å²) in [5.41, 5.74) is 2.85. The molecule has 0 aliphatic heterocycles. The van der Waals surface area contributed by atoms with E-state index in [9.17, 15) is 4.79 Å². The molecule has 0 radical (unpaired) electrons. The van der Waals surface area contributed by atoms with Gasteiger partial charge in [-0.15, -0.1) is 11.3 Å². The monoisotopic (exact) mass is 365 g/mol. The van der Waals surface area contributed by atoms with E-state index in [1.54, 1.807) is 43.0 Å². The number of ether oxygens (including phenoxy) is 1. The molecule has 0 fully saturated rings. The van der Waals surface area contributed by atoms with Crippen LogP contribution in [0.4, 0.5) is 16.5 Å². The smallest absolute Gasteiger partial charge is 0.275 e. The van der Waals surface area contributed by atoms with E-state index in [-0.39, 0.29) is 5.91 Å². The van der Waals surface area contributed by atoms with Crippen molar-refractivity contribution in [3.8, 4) is 5.75 Å². The summed E-state index contributed by atoms with van der Waals surface area (Å²) in [6, 6.07) is 12.9. The van der Waals surface area contributed by atoms with Crippen molar-refractivity contribution in [2.45, 2.75) is 0 Å². The Morgan fingerprint density at radius 2 is 2.04 bits per heavy atom. The number of benzene rings is 2. The Balaban J connectivity index is 1.48. The van der Waals surface area contributed by atoms with Gasteiger partial charge in [0.25, 0.3) is 5.91 Å². The van der Waals surface area contributed by atoms with Crippen molar-refractivity contribution in [1.29, 1.82) is 0 Å². The summed E-state index contributed by atoms with van der Waals surface area (Å²) in [5.74, 6) is 0.470. The average molecular weight is 365 g/mol. The maximum Gasteiger partial charge on any atom is 0.275 e. The number of thiazole rings is 1. The summed E-state index contributed by atoms with van der Waals surface area (Å²) in [6.07, 6.45) is 1.75. The summed E-state index contributed by atoms with van der Waals surface area (Å²) in [5, 5.41) is 16.3. The van der Waals surface area contributed by atoms with Gasteiger partial charge in [-0.3, -0.25) is 9.89 Å². The Bertz CT molecular complexity index is 1050. The van der Waals surface area contributed by atoms with E-state index >= 15 is 0 Å². The number of hydrogen-bond acceptors (Lipinski definition) is 6. The van der Waals surface area contributed by atoms with Gasteiger partial charge in [-0.2, -0.15) is 5.10 Å². The van der Waals surface area contributed by atoms with Gasteiger partial charge in [-0.1, -0.05) is 6.07 Å². The van der Waals surface area contributed by atoms with Crippen LogP contribution in [0.5, 0.6) is 5.75 Å². The zero-order chi connectivity index (χ0) is 17.9. The van der Waals surface area contributed by atoms with E-state index in [2.05, 4.69) is 25.8 Å². The fourth-order valence-corrected chi connectivity index (χ4v) is 3.20. The first-order chi connectivity index (χ1) is 12.7. The highest BCUT2D eigenvalue weighted by Gasteiger charge is 2.12. The van der Waals surface area contributed by atoms with Gasteiger partial charge < -0.3 is 15.4 Å². The third kappa shape index (κ3) is 3.22. The topological polar surface area (TPSA) is 91.9 Å². The first-order valence-electron chi connectivity index (χ1n) is 7.83. The molecular weight excluding hydrogens is 350 g/mol. The number of fused-ring (bicyclic) bond motifs is 1. The summed E-state index contributed by atoms with van der Waals surface area (Å²) in [6.45, 7) is 0. The minimum Gasteiger partial charge on any atom is -0.497 e. The summed E-state index contributed by atoms with van der Waals surface area (Å²) in [7, 11) is 1.60. The molecule has 3 N–H and O–H groups in total. The molecular formula is C18H15N5O2S. The van der Waals surface area contributed by atoms with Crippen LogP contribution in [0.3, 0.4) is 0 Å². The Morgan fingerprint density at radius 3 is 2.85 bits per heavy atom. The van der Waals surface area contributed by atoms with E-state index in [0.717, 1.165) is 22.3 Å². The van der Waals surface area contributed by atoms with Crippen molar-refractivity contribution in [2.24, 2.45) is 0 Å². The van der Waals surface area contributed by atoms with E-state index < -0.39 is 0 Å². The largest absolute Gasteiger partial charge is 0.497 e. The van der Waals surface area contributed by atoms with Crippen LogP contribution in [0.15, 0.2) is 54.0 Å². The van der Waals surface area contributed by atoms with Crippen molar-refractivity contribution in [3.63, 3.8) is 0 Å². The Hall–Kier alpha value is -3.39. The van der Waals surface area contributed by atoms with Gasteiger partial charge in [-0.25, -0.2) is 4.98 Å². The number of nitrogens with one attached hydrogen (secondary N) is 3. The molecule has 2 heterocycles. The van der Waals surface area contributed by atoms with Crippen LogP contribution in [0, 0.1) is 0 Å². The molecule has 0 atom stereocenters. The highest BCUT2D eigenvalue weighted by Crippen LogP contribution is 2.27. The SMILES string of the molecule is COc1ccc(NC(=O)c2csc(Nc3cccc4[nH]ncc34)n2)cc1. The maximum atomic E-state index is 12.4. The van der Waals surface area contributed by atoms with Crippen LogP contribution >= 0.6 is 11.3 Å². The molecule has 0 unspecified atom stereocenters. The number of nitrogens with zero attached hydrogens (tertiary/aromatic N) is 2. The maximum absolute atomic E-state index is 12.4. The molecule has 0 aliphatic rings. The van der Waals surface area contributed by atoms with Crippen LogP contribution in [-0.4, -0.2) is 28.2 Å². The van der Waals surface area contributed by atoms with Crippen LogP contribution in [0.1, 0.15) is 10.5 Å². The lowest BCUT2D eigenvalue weighted by Gasteiger charge is -2.05. The second-order valence-electron chi connectivity index (χ2n) is 5.48. The molecule has 0 saturated heterocycles. The minimum absolute atomic E-state index is 0.263. The molecule has 1 amide bonds. The molecule has 0 spiro atoms. The molecule has 0 saturated carbocycles. The fraction of sp³-hybridized carbons (Fsp3) is 0.0556. The number of anilines is 3. The molecule has 4 rings (SSSR count). The molecule has 7 nitrogen and oxygen atoms in total. The van der Waals surface area contributed by atoms with E-state index in [4.69, 9.17) is 4.74 Å². The van der Waals surface area contributed by atoms with Crippen LogP contribution in [0.25, 0.3) is 10.9 Å². The Labute approximate surface area is 153 Å². The quantitative estimate of drug-likeness (QED) is 0.497. The number of carbonyl (C=O) groups is 1. The normalized spacial score (nSPS) is 10.7. The van der Waals surface area contributed by atoms with Gasteiger partial charge in [0.2, 0.25) is 0 Å². The third-order valence-electron chi connectivity index (χ3n) is 3.81. The first-order valence-corrected chi connectivity index (χ1v) is 8.71. The van der Waals surface area contributed by atoms with Crippen LogP contribution in [-0.2, 0) is 0 Å². The van der Waals surface area contributed by atoms with Crippen LogP contribution < -0.4 is 15.4 Å². The van der Waals surface area contributed by atoms with Crippen molar-refractivity contribution >= 4 is 44.7 Å². The molecule has 26 heavy (non-hydrogen) atoms. The van der Waals surface area contributed by atoms with Gasteiger partial charge in [0.05, 0.1) is 24.5 Å². The molecule has 0 bridgehead atoms. The highest BCUT2D eigenvalue weighted by molar-refractivity contribution is 7.14. The number of carbonyl (C=O) groups excluding carboxylic acids is 1. The highest BCUT2D eigenvalue weighted by atomic mass is 32.1. The number of methoxy groups -OCH3 is 1. The van der Waals surface area contributed by atoms with Gasteiger partial charge >= 0.3 is 0 Å². The molecule has 2 aromatic carbocycles. The molecule has 2 aromatic heterocycles. The number of aromatic nitrogens is 3. The number of amides is 1. The number of rotatable bonds is 5. The second-order valence-corrected chi connectivity index (χ2v) is 6.34. The van der Waals surface area contributed by atoms with Crippen molar-refractivity contribution in [1.82, 2.24) is 15.2 Å². The zero-order valence-electron chi connectivity index (χ0n) is 13.8. The van der Waals surface area contributed by atoms with E-state index in [0.29, 0.717) is 16.5 Å². The molecule has 130 valence electrons. The predicted molar refractivity (Wildman–Crippen MR) is 102 cm³/mol. The Kier molecular flexibility index (Phi) is 4.24. The van der Waals surface area contributed by atoms with E-state index in [1.165, 1.54) is 11.3 Å². The lowest BCUT2D eigenvalue weighted by molar-refractivity contribution is 0.102. The fourth-order valence-electron chi connectivity index (χ4n) is 2.50. The summed E-state index contributed by atoms with van der Waals surface area (Å²) < 4.78 is 5.11. The van der Waals surface area contributed by atoms with Crippen molar-refractivity contribution in [2.75, 3.05) is 17.7 Å². The molecule has 8 heteroatoms. The lowest BCUT2D eigenvalue weighted by atomic mass is 10.2. The average Bonchev–Trinajstić information content (AvgIpc) is 3.32. The Morgan fingerprint density at radius 1 is 1.19 bits per heavy atom. The number of H-pyrrole nitrogens is 1. The van der Waals surface area contributed by atoms with Crippen molar-refractivity contribution < 1.29 is 9.53 Å². The van der Waals surface area contributed by atoms with Crippen LogP contribution in [0.2, 0.25) is 0 Å². The van der Waals surface area contributed by atoms with Crippen molar-refractivity contribution in [3.05, 3.63) is 59.7 Å². The minimum atomic E-state index is -0.263. The molecule has 4 aromatic rings. The summed E-state index contributed by atoms with van der Waals surface area (Å²) >= 11 is 1.37. The molecule has 0 aliphatic carbocycles. The first kappa shape index (κ1) is 16.1. The zero-order valence-corrected chi connectivity index (χ0v) is 14.6. The lowest BCUT2D eigenvalue weighted by Crippen LogP contribution is -2.12. The number of hydrogen-bond donors (Lipinski definition) is 3. The standard InChI is InChI=1S/C18H15N5O2S/c1-25-12-7-5-11(6-8-12)20-17(24)16-10-26-18(22-16)21-14-3-2-4-15-13(14)9-19-23-15/h2-10H,1H3,(H,19,23)(H,20,24)(H,21,22). The van der Waals surface area contributed by atoms with Gasteiger partial charge in [0.15, 0.2) is 5.13 Å². The second kappa shape index (κ2) is 6.85. The summed E-state index contributed by atoms with van der Waals surface area (Å²) in [4.78, 5) is 16.7.